The fourth-order valence-electron chi connectivity index (χ4n) is 4.15. The summed E-state index contributed by atoms with van der Waals surface area (Å²) in [5.74, 6) is -2.59. The standard InChI is InChI=1S/C23H21F4N5O3/c24-19-15(4-2-5-16(19)23(25,26)27)20(33)32-11-8-22(9-12-32,21(34)35)13-14-3-1-6-17(29-14)30-18-7-10-28-31-18/h1-7,10H,8-9,11-13H2,(H,34,35)(H2,28,29,30,31). The van der Waals surface area contributed by atoms with Crippen LogP contribution in [-0.2, 0) is 17.4 Å². The summed E-state index contributed by atoms with van der Waals surface area (Å²) in [5.41, 5.74) is -2.94. The molecule has 1 amide bonds. The van der Waals surface area contributed by atoms with Gasteiger partial charge in [0.05, 0.1) is 16.5 Å². The van der Waals surface area contributed by atoms with E-state index in [1.165, 1.54) is 4.90 Å². The number of alkyl halides is 3. The molecule has 3 aromatic rings. The number of carboxylic acids is 1. The Morgan fingerprint density at radius 3 is 2.43 bits per heavy atom. The lowest BCUT2D eigenvalue weighted by molar-refractivity contribution is -0.151. The Hall–Kier alpha value is -3.96. The van der Waals surface area contributed by atoms with Gasteiger partial charge in [-0.25, -0.2) is 9.37 Å². The first-order valence-corrected chi connectivity index (χ1v) is 10.7. The van der Waals surface area contributed by atoms with Crippen LogP contribution in [0.15, 0.2) is 48.7 Å². The number of carbonyl (C=O) groups is 2. The number of amides is 1. The van der Waals surface area contributed by atoms with Crippen molar-refractivity contribution >= 4 is 23.5 Å². The maximum absolute atomic E-state index is 14.4. The van der Waals surface area contributed by atoms with Crippen molar-refractivity contribution in [2.24, 2.45) is 5.41 Å². The number of aromatic nitrogens is 3. The second-order valence-electron chi connectivity index (χ2n) is 8.32. The van der Waals surface area contributed by atoms with Crippen molar-refractivity contribution in [1.82, 2.24) is 20.1 Å². The van der Waals surface area contributed by atoms with Crippen LogP contribution in [0.3, 0.4) is 0 Å². The number of benzene rings is 1. The fraction of sp³-hybridized carbons (Fsp3) is 0.304. The molecule has 1 aliphatic rings. The molecule has 2 aromatic heterocycles. The largest absolute Gasteiger partial charge is 0.481 e. The van der Waals surface area contributed by atoms with Gasteiger partial charge in [-0.05, 0) is 37.1 Å². The number of aromatic amines is 1. The lowest BCUT2D eigenvalue weighted by Gasteiger charge is -2.39. The number of anilines is 2. The second-order valence-corrected chi connectivity index (χ2v) is 8.32. The van der Waals surface area contributed by atoms with Gasteiger partial charge in [-0.1, -0.05) is 12.1 Å². The zero-order valence-corrected chi connectivity index (χ0v) is 18.3. The molecule has 1 fully saturated rings. The van der Waals surface area contributed by atoms with E-state index in [1.54, 1.807) is 30.5 Å². The number of H-pyrrole nitrogens is 1. The van der Waals surface area contributed by atoms with Crippen LogP contribution in [0.1, 0.15) is 34.5 Å². The summed E-state index contributed by atoms with van der Waals surface area (Å²) in [7, 11) is 0. The topological polar surface area (TPSA) is 111 Å². The molecule has 35 heavy (non-hydrogen) atoms. The number of hydrogen-bond acceptors (Lipinski definition) is 5. The highest BCUT2D eigenvalue weighted by molar-refractivity contribution is 5.95. The minimum Gasteiger partial charge on any atom is -0.481 e. The molecule has 4 rings (SSSR count). The summed E-state index contributed by atoms with van der Waals surface area (Å²) in [6.07, 6.45) is -3.15. The molecule has 0 bridgehead atoms. The number of carbonyl (C=O) groups excluding carboxylic acids is 1. The van der Waals surface area contributed by atoms with Crippen LogP contribution in [0.2, 0.25) is 0 Å². The SMILES string of the molecule is O=C(c1cccc(C(F)(F)F)c1F)N1CCC(Cc2cccc(Nc3cc[nH]n3)n2)(C(=O)O)CC1. The van der Waals surface area contributed by atoms with E-state index >= 15 is 0 Å². The summed E-state index contributed by atoms with van der Waals surface area (Å²) in [6.45, 7) is -0.0991. The number of halogens is 4. The van der Waals surface area contributed by atoms with Gasteiger partial charge in [0.1, 0.15) is 11.6 Å². The number of aliphatic carboxylic acids is 1. The van der Waals surface area contributed by atoms with Gasteiger partial charge in [-0.15, -0.1) is 0 Å². The Labute approximate surface area is 197 Å². The summed E-state index contributed by atoms with van der Waals surface area (Å²) in [6, 6.07) is 9.36. The van der Waals surface area contributed by atoms with Gasteiger partial charge in [0.25, 0.3) is 5.91 Å². The zero-order chi connectivity index (χ0) is 25.2. The smallest absolute Gasteiger partial charge is 0.419 e. The van der Waals surface area contributed by atoms with Gasteiger partial charge in [0, 0.05) is 37.5 Å². The zero-order valence-electron chi connectivity index (χ0n) is 18.3. The Balaban J connectivity index is 1.48. The summed E-state index contributed by atoms with van der Waals surface area (Å²) in [5, 5.41) is 19.6. The molecule has 3 heterocycles. The number of likely N-dealkylation sites (tertiary alicyclic amines) is 1. The van der Waals surface area contributed by atoms with Crippen molar-refractivity contribution in [3.63, 3.8) is 0 Å². The first-order valence-electron chi connectivity index (χ1n) is 10.7. The monoisotopic (exact) mass is 491 g/mol. The molecule has 184 valence electrons. The number of nitrogens with one attached hydrogen (secondary N) is 2. The van der Waals surface area contributed by atoms with E-state index in [2.05, 4.69) is 20.5 Å². The minimum atomic E-state index is -4.94. The Bertz CT molecular complexity index is 1220. The van der Waals surface area contributed by atoms with Crippen molar-refractivity contribution in [3.05, 3.63) is 71.3 Å². The lowest BCUT2D eigenvalue weighted by atomic mass is 9.74. The summed E-state index contributed by atoms with van der Waals surface area (Å²) >= 11 is 0. The van der Waals surface area contributed by atoms with E-state index in [1.807, 2.05) is 0 Å². The highest BCUT2D eigenvalue weighted by atomic mass is 19.4. The van der Waals surface area contributed by atoms with Crippen molar-refractivity contribution < 1.29 is 32.3 Å². The molecule has 12 heteroatoms. The Morgan fingerprint density at radius 1 is 1.09 bits per heavy atom. The molecular formula is C23H21F4N5O3. The van der Waals surface area contributed by atoms with E-state index in [4.69, 9.17) is 0 Å². The number of carboxylic acid groups (broad SMARTS) is 1. The van der Waals surface area contributed by atoms with E-state index in [-0.39, 0.29) is 32.4 Å². The van der Waals surface area contributed by atoms with Gasteiger partial charge >= 0.3 is 12.1 Å². The predicted octanol–water partition coefficient (Wildman–Crippen LogP) is 4.26. The molecular weight excluding hydrogens is 470 g/mol. The number of rotatable bonds is 6. The van der Waals surface area contributed by atoms with Gasteiger partial charge in [-0.2, -0.15) is 18.3 Å². The molecule has 8 nitrogen and oxygen atoms in total. The van der Waals surface area contributed by atoms with Crippen molar-refractivity contribution in [1.29, 1.82) is 0 Å². The van der Waals surface area contributed by atoms with Gasteiger partial charge < -0.3 is 15.3 Å². The van der Waals surface area contributed by atoms with Crippen LogP contribution in [0.5, 0.6) is 0 Å². The first kappa shape index (κ1) is 24.2. The normalized spacial score (nSPS) is 15.6. The molecule has 1 aromatic carbocycles. The number of piperidine rings is 1. The molecule has 0 atom stereocenters. The second kappa shape index (κ2) is 9.35. The van der Waals surface area contributed by atoms with Crippen LogP contribution < -0.4 is 5.32 Å². The Morgan fingerprint density at radius 2 is 1.80 bits per heavy atom. The van der Waals surface area contributed by atoms with Crippen molar-refractivity contribution in [3.8, 4) is 0 Å². The average molecular weight is 491 g/mol. The van der Waals surface area contributed by atoms with Gasteiger partial charge in [-0.3, -0.25) is 14.7 Å². The average Bonchev–Trinajstić information content (AvgIpc) is 3.31. The van der Waals surface area contributed by atoms with Crippen molar-refractivity contribution in [2.45, 2.75) is 25.4 Å². The minimum absolute atomic E-state index is 0.0351. The quantitative estimate of drug-likeness (QED) is 0.445. The van der Waals surface area contributed by atoms with Crippen LogP contribution in [-0.4, -0.2) is 50.2 Å². The Kier molecular flexibility index (Phi) is 6.46. The van der Waals surface area contributed by atoms with E-state index < -0.39 is 40.4 Å². The van der Waals surface area contributed by atoms with E-state index in [0.717, 1.165) is 12.1 Å². The van der Waals surface area contributed by atoms with E-state index in [0.29, 0.717) is 23.4 Å². The third-order valence-electron chi connectivity index (χ3n) is 6.08. The number of hydrogen-bond donors (Lipinski definition) is 3. The van der Waals surface area contributed by atoms with Crippen molar-refractivity contribution in [2.75, 3.05) is 18.4 Å². The van der Waals surface area contributed by atoms with Crippen LogP contribution >= 0.6 is 0 Å². The third-order valence-corrected chi connectivity index (χ3v) is 6.08. The first-order chi connectivity index (χ1) is 16.6. The lowest BCUT2D eigenvalue weighted by Crippen LogP contribution is -2.48. The molecule has 1 aliphatic heterocycles. The van der Waals surface area contributed by atoms with E-state index in [9.17, 15) is 32.3 Å². The highest BCUT2D eigenvalue weighted by Gasteiger charge is 2.44. The molecule has 1 saturated heterocycles. The molecule has 0 saturated carbocycles. The predicted molar refractivity (Wildman–Crippen MR) is 116 cm³/mol. The summed E-state index contributed by atoms with van der Waals surface area (Å²) in [4.78, 5) is 30.6. The third kappa shape index (κ3) is 5.10. The maximum atomic E-state index is 14.4. The molecule has 0 spiro atoms. The molecule has 0 unspecified atom stereocenters. The number of pyridine rings is 1. The molecule has 3 N–H and O–H groups in total. The molecule has 0 aliphatic carbocycles. The fourth-order valence-corrected chi connectivity index (χ4v) is 4.15. The van der Waals surface area contributed by atoms with Gasteiger partial charge in [0.2, 0.25) is 0 Å². The van der Waals surface area contributed by atoms with Gasteiger partial charge in [0.15, 0.2) is 5.82 Å². The summed E-state index contributed by atoms with van der Waals surface area (Å²) < 4.78 is 53.5. The maximum Gasteiger partial charge on any atom is 0.419 e. The highest BCUT2D eigenvalue weighted by Crippen LogP contribution is 2.37. The van der Waals surface area contributed by atoms with Crippen LogP contribution in [0.25, 0.3) is 0 Å². The van der Waals surface area contributed by atoms with Crippen LogP contribution in [0.4, 0.5) is 29.2 Å². The number of nitrogens with zero attached hydrogens (tertiary/aromatic N) is 3. The van der Waals surface area contributed by atoms with Crippen LogP contribution in [0, 0.1) is 11.2 Å². The molecule has 0 radical (unpaired) electrons.